The summed E-state index contributed by atoms with van der Waals surface area (Å²) in [5, 5.41) is 8.62. The van der Waals surface area contributed by atoms with Crippen molar-refractivity contribution in [1.29, 1.82) is 0 Å². The van der Waals surface area contributed by atoms with Gasteiger partial charge in [0.15, 0.2) is 0 Å². The van der Waals surface area contributed by atoms with Crippen LogP contribution in [0.5, 0.6) is 0 Å². The smallest absolute Gasteiger partial charge is 0.136 e. The zero-order valence-corrected chi connectivity index (χ0v) is 14.9. The Balaban J connectivity index is 3.01. The SMILES string of the molecule is CCCCCCCCCCCCCSCCC(=O)CCO. The van der Waals surface area contributed by atoms with Crippen molar-refractivity contribution in [3.05, 3.63) is 0 Å². The van der Waals surface area contributed by atoms with Crippen LogP contribution in [0.25, 0.3) is 0 Å². The molecule has 0 fully saturated rings. The molecule has 0 bridgehead atoms. The fourth-order valence-corrected chi connectivity index (χ4v) is 3.39. The van der Waals surface area contributed by atoms with E-state index in [0.717, 1.165) is 5.75 Å². The molecule has 0 spiro atoms. The highest BCUT2D eigenvalue weighted by atomic mass is 32.2. The predicted octanol–water partition coefficient (Wildman–Crippen LogP) is 5.37. The first-order valence-corrected chi connectivity index (χ1v) is 10.2. The van der Waals surface area contributed by atoms with E-state index in [9.17, 15) is 4.79 Å². The minimum Gasteiger partial charge on any atom is -0.396 e. The van der Waals surface area contributed by atoms with Gasteiger partial charge in [-0.1, -0.05) is 71.1 Å². The molecule has 21 heavy (non-hydrogen) atoms. The van der Waals surface area contributed by atoms with Gasteiger partial charge in [0.05, 0.1) is 0 Å². The Bertz CT molecular complexity index is 219. The van der Waals surface area contributed by atoms with Crippen molar-refractivity contribution in [2.75, 3.05) is 18.1 Å². The van der Waals surface area contributed by atoms with Crippen molar-refractivity contribution < 1.29 is 9.90 Å². The molecule has 0 aliphatic carbocycles. The molecule has 0 rings (SSSR count). The fourth-order valence-electron chi connectivity index (χ4n) is 2.41. The Labute approximate surface area is 136 Å². The van der Waals surface area contributed by atoms with Crippen LogP contribution < -0.4 is 0 Å². The van der Waals surface area contributed by atoms with Crippen molar-refractivity contribution in [2.45, 2.75) is 90.4 Å². The summed E-state index contributed by atoms with van der Waals surface area (Å²) in [6, 6.07) is 0. The topological polar surface area (TPSA) is 37.3 Å². The van der Waals surface area contributed by atoms with E-state index in [1.165, 1.54) is 76.4 Å². The largest absolute Gasteiger partial charge is 0.396 e. The fraction of sp³-hybridized carbons (Fsp3) is 0.944. The summed E-state index contributed by atoms with van der Waals surface area (Å²) in [4.78, 5) is 11.2. The average Bonchev–Trinajstić information content (AvgIpc) is 2.48. The molecule has 0 amide bonds. The van der Waals surface area contributed by atoms with E-state index >= 15 is 0 Å². The summed E-state index contributed by atoms with van der Waals surface area (Å²) in [5.74, 6) is 2.31. The molecule has 0 aromatic heterocycles. The monoisotopic (exact) mass is 316 g/mol. The molecule has 0 heterocycles. The zero-order chi connectivity index (χ0) is 15.6. The Hall–Kier alpha value is -0.0200. The number of aliphatic hydroxyl groups excluding tert-OH is 1. The third-order valence-electron chi connectivity index (χ3n) is 3.81. The number of thioether (sulfide) groups is 1. The normalized spacial score (nSPS) is 11.0. The molecule has 0 aromatic carbocycles. The second-order valence-electron chi connectivity index (χ2n) is 5.91. The third kappa shape index (κ3) is 17.9. The average molecular weight is 317 g/mol. The van der Waals surface area contributed by atoms with Gasteiger partial charge in [0, 0.05) is 25.2 Å². The van der Waals surface area contributed by atoms with Crippen LogP contribution in [0.4, 0.5) is 0 Å². The van der Waals surface area contributed by atoms with Crippen molar-refractivity contribution >= 4 is 17.5 Å². The summed E-state index contributed by atoms with van der Waals surface area (Å²) in [6.07, 6.45) is 16.2. The molecular formula is C18H36O2S. The number of hydrogen-bond acceptors (Lipinski definition) is 3. The Morgan fingerprint density at radius 3 is 1.81 bits per heavy atom. The molecule has 0 atom stereocenters. The minimum absolute atomic E-state index is 0.00209. The van der Waals surface area contributed by atoms with E-state index in [-0.39, 0.29) is 12.4 Å². The second-order valence-corrected chi connectivity index (χ2v) is 7.13. The number of carbonyl (C=O) groups is 1. The number of hydrogen-bond donors (Lipinski definition) is 1. The number of unbranched alkanes of at least 4 members (excludes halogenated alkanes) is 10. The number of aliphatic hydroxyl groups is 1. The highest BCUT2D eigenvalue weighted by Gasteiger charge is 2.00. The number of ketones is 1. The lowest BCUT2D eigenvalue weighted by Gasteiger charge is -2.03. The first kappa shape index (κ1) is 21.0. The van der Waals surface area contributed by atoms with Crippen molar-refractivity contribution in [1.82, 2.24) is 0 Å². The van der Waals surface area contributed by atoms with Crippen molar-refractivity contribution in [2.24, 2.45) is 0 Å². The lowest BCUT2D eigenvalue weighted by molar-refractivity contribution is -0.119. The van der Waals surface area contributed by atoms with Gasteiger partial charge in [0.2, 0.25) is 0 Å². The molecule has 126 valence electrons. The second kappa shape index (κ2) is 18.0. The number of carbonyl (C=O) groups excluding carboxylic acids is 1. The summed E-state index contributed by atoms with van der Waals surface area (Å²) in [5.41, 5.74) is 0. The first-order valence-electron chi connectivity index (χ1n) is 9.01. The summed E-state index contributed by atoms with van der Waals surface area (Å²) in [6.45, 7) is 2.27. The van der Waals surface area contributed by atoms with E-state index in [2.05, 4.69) is 6.92 Å². The Morgan fingerprint density at radius 2 is 1.29 bits per heavy atom. The van der Waals surface area contributed by atoms with E-state index in [0.29, 0.717) is 12.8 Å². The van der Waals surface area contributed by atoms with Gasteiger partial charge in [-0.15, -0.1) is 0 Å². The summed E-state index contributed by atoms with van der Waals surface area (Å²) in [7, 11) is 0. The molecular weight excluding hydrogens is 280 g/mol. The van der Waals surface area contributed by atoms with Crippen molar-refractivity contribution in [3.8, 4) is 0 Å². The lowest BCUT2D eigenvalue weighted by Crippen LogP contribution is -2.02. The predicted molar refractivity (Wildman–Crippen MR) is 95.1 cm³/mol. The Kier molecular flexibility index (Phi) is 18.0. The maximum Gasteiger partial charge on any atom is 0.136 e. The molecule has 0 aliphatic heterocycles. The van der Waals surface area contributed by atoms with Crippen LogP contribution in [-0.4, -0.2) is 29.0 Å². The van der Waals surface area contributed by atoms with Gasteiger partial charge >= 0.3 is 0 Å². The van der Waals surface area contributed by atoms with Crippen LogP contribution in [0.1, 0.15) is 90.4 Å². The maximum atomic E-state index is 11.2. The van der Waals surface area contributed by atoms with E-state index in [1.807, 2.05) is 11.8 Å². The first-order chi connectivity index (χ1) is 10.3. The quantitative estimate of drug-likeness (QED) is 0.366. The van der Waals surface area contributed by atoms with Gasteiger partial charge in [-0.25, -0.2) is 0 Å². The van der Waals surface area contributed by atoms with Crippen LogP contribution in [0.3, 0.4) is 0 Å². The minimum atomic E-state index is 0.00209. The van der Waals surface area contributed by atoms with Gasteiger partial charge in [0.25, 0.3) is 0 Å². The molecule has 2 nitrogen and oxygen atoms in total. The number of Topliss-reactive ketones (excluding diaryl/α,β-unsaturated/α-hetero) is 1. The maximum absolute atomic E-state index is 11.2. The molecule has 0 unspecified atom stereocenters. The van der Waals surface area contributed by atoms with E-state index < -0.39 is 0 Å². The van der Waals surface area contributed by atoms with Crippen LogP contribution >= 0.6 is 11.8 Å². The van der Waals surface area contributed by atoms with E-state index in [1.54, 1.807) is 0 Å². The van der Waals surface area contributed by atoms with Gasteiger partial charge in [-0.05, 0) is 12.2 Å². The molecule has 0 radical (unpaired) electrons. The third-order valence-corrected chi connectivity index (χ3v) is 4.88. The molecule has 1 N–H and O–H groups in total. The van der Waals surface area contributed by atoms with Crippen LogP contribution in [0, 0.1) is 0 Å². The van der Waals surface area contributed by atoms with E-state index in [4.69, 9.17) is 5.11 Å². The standard InChI is InChI=1S/C18H36O2S/c1-2-3-4-5-6-7-8-9-10-11-12-16-21-17-14-18(20)13-15-19/h19H,2-17H2,1H3. The summed E-state index contributed by atoms with van der Waals surface area (Å²) >= 11 is 1.88. The Morgan fingerprint density at radius 1 is 0.762 bits per heavy atom. The van der Waals surface area contributed by atoms with Gasteiger partial charge in [0.1, 0.15) is 5.78 Å². The van der Waals surface area contributed by atoms with Gasteiger partial charge in [-0.2, -0.15) is 11.8 Å². The highest BCUT2D eigenvalue weighted by Crippen LogP contribution is 2.13. The molecule has 3 heteroatoms. The molecule has 0 aliphatic rings. The number of rotatable bonds is 17. The van der Waals surface area contributed by atoms with Crippen molar-refractivity contribution in [3.63, 3.8) is 0 Å². The molecule has 0 saturated carbocycles. The van der Waals surface area contributed by atoms with Crippen LogP contribution in [0.15, 0.2) is 0 Å². The summed E-state index contributed by atoms with van der Waals surface area (Å²) < 4.78 is 0. The van der Waals surface area contributed by atoms with Gasteiger partial charge < -0.3 is 5.11 Å². The lowest BCUT2D eigenvalue weighted by atomic mass is 10.1. The highest BCUT2D eigenvalue weighted by molar-refractivity contribution is 7.99. The zero-order valence-electron chi connectivity index (χ0n) is 14.1. The molecule has 0 aromatic rings. The van der Waals surface area contributed by atoms with Crippen LogP contribution in [0.2, 0.25) is 0 Å². The molecule has 0 saturated heterocycles. The van der Waals surface area contributed by atoms with Gasteiger partial charge in [-0.3, -0.25) is 4.79 Å². The van der Waals surface area contributed by atoms with Crippen LogP contribution in [-0.2, 0) is 4.79 Å².